The molecule has 0 amide bonds. The Bertz CT molecular complexity index is 543. The summed E-state index contributed by atoms with van der Waals surface area (Å²) in [5.41, 5.74) is 0. The molecule has 0 radical (unpaired) electrons. The van der Waals surface area contributed by atoms with Crippen molar-refractivity contribution in [3.8, 4) is 0 Å². The number of nitrogens with zero attached hydrogens (tertiary/aromatic N) is 4. The van der Waals surface area contributed by atoms with Crippen molar-refractivity contribution < 1.29 is 14.0 Å². The van der Waals surface area contributed by atoms with Crippen LogP contribution in [0.4, 0.5) is 0 Å². The van der Waals surface area contributed by atoms with E-state index in [1.807, 2.05) is 0 Å². The molecule has 2 saturated heterocycles. The highest BCUT2D eigenvalue weighted by Gasteiger charge is 2.43. The van der Waals surface area contributed by atoms with Gasteiger partial charge in [0.25, 0.3) is 7.44 Å². The van der Waals surface area contributed by atoms with Gasteiger partial charge in [0.2, 0.25) is 0 Å². The van der Waals surface area contributed by atoms with Gasteiger partial charge in [-0.1, -0.05) is 39.3 Å². The maximum Gasteiger partial charge on any atom is 0.260 e. The van der Waals surface area contributed by atoms with Crippen molar-refractivity contribution >= 4 is 19.0 Å². The third-order valence-corrected chi connectivity index (χ3v) is 9.63. The fraction of sp³-hybridized carbons (Fsp3) is 0.909. The number of morpholine rings is 2. The Kier molecular flexibility index (Phi) is 12.2. The summed E-state index contributed by atoms with van der Waals surface area (Å²) in [7, 11) is -3.14. The second-order valence-electron chi connectivity index (χ2n) is 8.26. The van der Waals surface area contributed by atoms with Gasteiger partial charge in [0.05, 0.1) is 26.4 Å². The van der Waals surface area contributed by atoms with E-state index in [1.54, 1.807) is 0 Å². The average Bonchev–Trinajstić information content (AvgIpc) is 2.80. The van der Waals surface area contributed by atoms with Crippen molar-refractivity contribution in [1.29, 1.82) is 0 Å². The van der Waals surface area contributed by atoms with Crippen molar-refractivity contribution in [1.82, 2.24) is 19.1 Å². The fourth-order valence-corrected chi connectivity index (χ4v) is 8.53. The van der Waals surface area contributed by atoms with Gasteiger partial charge in [-0.3, -0.25) is 4.57 Å². The lowest BCUT2D eigenvalue weighted by molar-refractivity contribution is 0.00845. The van der Waals surface area contributed by atoms with Crippen molar-refractivity contribution in [3.05, 3.63) is 10.6 Å². The van der Waals surface area contributed by atoms with Crippen LogP contribution in [0.5, 0.6) is 0 Å². The van der Waals surface area contributed by atoms with Crippen LogP contribution in [0.2, 0.25) is 0 Å². The first-order chi connectivity index (χ1) is 15.0. The van der Waals surface area contributed by atoms with Crippen LogP contribution in [-0.2, 0) is 14.0 Å². The third kappa shape index (κ3) is 6.84. The van der Waals surface area contributed by atoms with E-state index < -0.39 is 7.44 Å². The first-order valence-electron chi connectivity index (χ1n) is 12.2. The van der Waals surface area contributed by atoms with Gasteiger partial charge < -0.3 is 19.3 Å². The molecule has 31 heavy (non-hydrogen) atoms. The van der Waals surface area contributed by atoms with Crippen molar-refractivity contribution in [2.75, 3.05) is 78.8 Å². The Labute approximate surface area is 195 Å². The highest BCUT2D eigenvalue weighted by Crippen LogP contribution is 2.63. The molecule has 2 rings (SSSR count). The summed E-state index contributed by atoms with van der Waals surface area (Å²) < 4.78 is 31.3. The second kappa shape index (κ2) is 14.1. The van der Waals surface area contributed by atoms with Crippen molar-refractivity contribution in [2.24, 2.45) is 0 Å². The molecule has 0 atom stereocenters. The highest BCUT2D eigenvalue weighted by molar-refractivity contribution is 7.65. The number of ether oxygens (including phenoxy) is 2. The van der Waals surface area contributed by atoms with Gasteiger partial charge in [0, 0.05) is 52.4 Å². The minimum absolute atomic E-state index is 0.528. The molecule has 2 heterocycles. The molecule has 0 aromatic carbocycles. The van der Waals surface area contributed by atoms with E-state index in [2.05, 4.69) is 46.8 Å². The minimum Gasteiger partial charge on any atom is -0.378 e. The second-order valence-corrected chi connectivity index (χ2v) is 11.6. The Morgan fingerprint density at radius 1 is 0.742 bits per heavy atom. The zero-order chi connectivity index (χ0) is 22.7. The molecule has 2 aliphatic rings. The lowest BCUT2D eigenvalue weighted by Crippen LogP contribution is -2.47. The Morgan fingerprint density at radius 2 is 1.06 bits per heavy atom. The molecule has 0 unspecified atom stereocenters. The van der Waals surface area contributed by atoms with Gasteiger partial charge >= 0.3 is 0 Å². The zero-order valence-corrected chi connectivity index (χ0v) is 21.8. The minimum atomic E-state index is -3.14. The van der Waals surface area contributed by atoms with Gasteiger partial charge in [-0.15, -0.1) is 0 Å². The molecule has 2 aliphatic heterocycles. The van der Waals surface area contributed by atoms with Crippen molar-refractivity contribution in [3.63, 3.8) is 0 Å². The molecule has 0 N–H and O–H groups in total. The van der Waals surface area contributed by atoms with Crippen molar-refractivity contribution in [2.45, 2.75) is 53.4 Å². The van der Waals surface area contributed by atoms with E-state index in [0.29, 0.717) is 31.2 Å². The predicted octanol–water partition coefficient (Wildman–Crippen LogP) is 4.45. The average molecular weight is 479 g/mol. The Balaban J connectivity index is 2.62. The summed E-state index contributed by atoms with van der Waals surface area (Å²) in [6, 6.07) is 0. The van der Waals surface area contributed by atoms with Gasteiger partial charge in [-0.2, -0.15) is 0 Å². The summed E-state index contributed by atoms with van der Waals surface area (Å²) in [4.78, 5) is 4.58. The molecule has 0 aromatic heterocycles. The van der Waals surface area contributed by atoms with Crippen LogP contribution in [0, 0.1) is 0 Å². The summed E-state index contributed by atoms with van der Waals surface area (Å²) >= 11 is 7.32. The van der Waals surface area contributed by atoms with Crippen LogP contribution >= 0.6 is 19.0 Å². The van der Waals surface area contributed by atoms with Crippen LogP contribution < -0.4 is 0 Å². The van der Waals surface area contributed by atoms with Gasteiger partial charge in [0.1, 0.15) is 10.6 Å². The lowest BCUT2D eigenvalue weighted by Gasteiger charge is -2.44. The third-order valence-electron chi connectivity index (χ3n) is 5.76. The van der Waals surface area contributed by atoms with E-state index >= 15 is 4.57 Å². The maximum atomic E-state index is 15.1. The van der Waals surface area contributed by atoms with Crippen LogP contribution in [0.3, 0.4) is 0 Å². The highest BCUT2D eigenvalue weighted by atomic mass is 35.5. The first kappa shape index (κ1) is 26.9. The van der Waals surface area contributed by atoms with E-state index in [1.165, 1.54) is 0 Å². The number of rotatable bonds is 13. The molecule has 0 bridgehead atoms. The number of hydrogen-bond acceptors (Lipinski definition) is 5. The van der Waals surface area contributed by atoms with E-state index in [-0.39, 0.29) is 0 Å². The van der Waals surface area contributed by atoms with Crippen LogP contribution in [-0.4, -0.2) is 97.9 Å². The molecule has 0 aromatic rings. The topological polar surface area (TPSA) is 48.5 Å². The summed E-state index contributed by atoms with van der Waals surface area (Å²) in [6.45, 7) is 17.5. The summed E-state index contributed by atoms with van der Waals surface area (Å²) in [5, 5.41) is 0. The molecule has 0 aliphatic carbocycles. The summed E-state index contributed by atoms with van der Waals surface area (Å²) in [6.07, 6.45) is 3.80. The largest absolute Gasteiger partial charge is 0.378 e. The van der Waals surface area contributed by atoms with E-state index in [9.17, 15) is 0 Å². The standard InChI is InChI=1S/C22H44ClN4O3P/c1-5-9-26(10-6-2)31(28,27(11-7-3)12-8-4)21(23)22(24-13-17-29-18-14-24)25-15-19-30-20-16-25/h5-20H2,1-4H3. The smallest absolute Gasteiger partial charge is 0.260 e. The van der Waals surface area contributed by atoms with E-state index in [4.69, 9.17) is 21.1 Å². The summed E-state index contributed by atoms with van der Waals surface area (Å²) in [5.74, 6) is 0.936. The molecular weight excluding hydrogens is 435 g/mol. The molecule has 2 fully saturated rings. The van der Waals surface area contributed by atoms with Gasteiger partial charge in [-0.05, 0) is 25.7 Å². The Hall–Kier alpha value is -0.300. The SMILES string of the molecule is CCCN(CCC)P(=O)(C(Cl)=C(N1CCOCC1)N1CCOCC1)N(CCC)CCC. The Morgan fingerprint density at radius 3 is 1.35 bits per heavy atom. The fourth-order valence-electron chi connectivity index (χ4n) is 4.37. The molecule has 9 heteroatoms. The number of hydrogen-bond donors (Lipinski definition) is 0. The predicted molar refractivity (Wildman–Crippen MR) is 130 cm³/mol. The maximum absolute atomic E-state index is 15.1. The van der Waals surface area contributed by atoms with Gasteiger partial charge in [-0.25, -0.2) is 9.34 Å². The molecule has 182 valence electrons. The molecule has 0 saturated carbocycles. The van der Waals surface area contributed by atoms with E-state index in [0.717, 1.165) is 83.9 Å². The first-order valence-corrected chi connectivity index (χ1v) is 14.2. The van der Waals surface area contributed by atoms with Crippen LogP contribution in [0.15, 0.2) is 10.6 Å². The number of halogens is 1. The molecular formula is C22H44ClN4O3P. The van der Waals surface area contributed by atoms with Crippen LogP contribution in [0.25, 0.3) is 0 Å². The molecule has 7 nitrogen and oxygen atoms in total. The molecule has 0 spiro atoms. The quantitative estimate of drug-likeness (QED) is 0.362. The monoisotopic (exact) mass is 478 g/mol. The van der Waals surface area contributed by atoms with Crippen LogP contribution in [0.1, 0.15) is 53.4 Å². The zero-order valence-electron chi connectivity index (χ0n) is 20.2. The normalized spacial score (nSPS) is 18.2. The lowest BCUT2D eigenvalue weighted by atomic mass is 10.3. The van der Waals surface area contributed by atoms with Gasteiger partial charge in [0.15, 0.2) is 0 Å².